The average molecular weight is 170 g/mol. The molecule has 0 aromatic heterocycles. The first-order valence-corrected chi connectivity index (χ1v) is 3.94. The minimum atomic E-state index is -0.357. The van der Waals surface area contributed by atoms with Crippen LogP contribution in [0.15, 0.2) is 11.6 Å². The van der Waals surface area contributed by atoms with E-state index in [1.807, 2.05) is 38.9 Å². The topological polar surface area (TPSA) is 46.3 Å². The van der Waals surface area contributed by atoms with Crippen molar-refractivity contribution in [3.05, 3.63) is 11.6 Å². The zero-order valence-corrected chi connectivity index (χ0v) is 8.51. The predicted octanol–water partition coefficient (Wildman–Crippen LogP) is 0.758. The molecule has 3 nitrogen and oxygen atoms in total. The first kappa shape index (κ1) is 11.2. The highest BCUT2D eigenvalue weighted by atomic mass is 16.1. The summed E-state index contributed by atoms with van der Waals surface area (Å²) in [6.45, 7) is 5.78. The second-order valence-corrected chi connectivity index (χ2v) is 3.74. The van der Waals surface area contributed by atoms with Crippen LogP contribution in [0.1, 0.15) is 20.8 Å². The van der Waals surface area contributed by atoms with Crippen LogP contribution in [0.5, 0.6) is 0 Å². The number of nitrogens with zero attached hydrogens (tertiary/aromatic N) is 1. The monoisotopic (exact) mass is 170 g/mol. The summed E-state index contributed by atoms with van der Waals surface area (Å²) in [6, 6.07) is 0. The van der Waals surface area contributed by atoms with E-state index in [2.05, 4.69) is 0 Å². The maximum atomic E-state index is 10.7. The van der Waals surface area contributed by atoms with Crippen molar-refractivity contribution in [1.82, 2.24) is 4.90 Å². The molecule has 12 heavy (non-hydrogen) atoms. The molecule has 0 aliphatic heterocycles. The van der Waals surface area contributed by atoms with Crippen LogP contribution < -0.4 is 5.73 Å². The van der Waals surface area contributed by atoms with E-state index in [4.69, 9.17) is 5.73 Å². The summed E-state index contributed by atoms with van der Waals surface area (Å²) >= 11 is 0. The molecule has 70 valence electrons. The molecule has 0 bridgehead atoms. The summed E-state index contributed by atoms with van der Waals surface area (Å²) in [6.07, 6.45) is 1.87. The molecule has 0 saturated carbocycles. The van der Waals surface area contributed by atoms with Gasteiger partial charge in [0.25, 0.3) is 0 Å². The van der Waals surface area contributed by atoms with E-state index in [0.717, 1.165) is 0 Å². The summed E-state index contributed by atoms with van der Waals surface area (Å²) < 4.78 is 0. The van der Waals surface area contributed by atoms with Crippen LogP contribution in [-0.4, -0.2) is 30.4 Å². The highest BCUT2D eigenvalue weighted by Crippen LogP contribution is 2.13. The van der Waals surface area contributed by atoms with Gasteiger partial charge in [0.1, 0.15) is 0 Å². The van der Waals surface area contributed by atoms with Gasteiger partial charge in [0.05, 0.1) is 0 Å². The first-order valence-electron chi connectivity index (χ1n) is 3.94. The summed E-state index contributed by atoms with van der Waals surface area (Å²) in [4.78, 5) is 12.8. The van der Waals surface area contributed by atoms with Gasteiger partial charge in [-0.3, -0.25) is 4.79 Å². The number of primary amides is 1. The van der Waals surface area contributed by atoms with E-state index >= 15 is 0 Å². The SMILES string of the molecule is C/C(=C\C(C)(C)N(C)C)C(N)=O. The van der Waals surface area contributed by atoms with Crippen molar-refractivity contribution in [3.63, 3.8) is 0 Å². The summed E-state index contributed by atoms with van der Waals surface area (Å²) in [5.41, 5.74) is 5.60. The van der Waals surface area contributed by atoms with Crippen molar-refractivity contribution >= 4 is 5.91 Å². The second kappa shape index (κ2) is 3.72. The maximum absolute atomic E-state index is 10.7. The molecule has 0 radical (unpaired) electrons. The smallest absolute Gasteiger partial charge is 0.244 e. The largest absolute Gasteiger partial charge is 0.366 e. The van der Waals surface area contributed by atoms with Gasteiger partial charge >= 0.3 is 0 Å². The lowest BCUT2D eigenvalue weighted by Crippen LogP contribution is -2.36. The quantitative estimate of drug-likeness (QED) is 0.635. The highest BCUT2D eigenvalue weighted by molar-refractivity contribution is 5.91. The van der Waals surface area contributed by atoms with E-state index in [9.17, 15) is 4.79 Å². The van der Waals surface area contributed by atoms with Gasteiger partial charge in [-0.2, -0.15) is 0 Å². The first-order chi connectivity index (χ1) is 5.27. The molecule has 0 spiro atoms. The van der Waals surface area contributed by atoms with Gasteiger partial charge < -0.3 is 10.6 Å². The highest BCUT2D eigenvalue weighted by Gasteiger charge is 2.18. The number of hydrogen-bond acceptors (Lipinski definition) is 2. The van der Waals surface area contributed by atoms with Crippen LogP contribution in [-0.2, 0) is 4.79 Å². The predicted molar refractivity (Wildman–Crippen MR) is 50.7 cm³/mol. The van der Waals surface area contributed by atoms with Crippen LogP contribution in [0.4, 0.5) is 0 Å². The molecular weight excluding hydrogens is 152 g/mol. The molecule has 0 atom stereocenters. The van der Waals surface area contributed by atoms with Gasteiger partial charge in [0, 0.05) is 11.1 Å². The van der Waals surface area contributed by atoms with E-state index in [-0.39, 0.29) is 11.4 Å². The molecule has 0 fully saturated rings. The third-order valence-electron chi connectivity index (χ3n) is 2.11. The Balaban J connectivity index is 4.61. The minimum absolute atomic E-state index is 0.126. The lowest BCUT2D eigenvalue weighted by molar-refractivity contribution is -0.114. The number of likely N-dealkylation sites (N-methyl/N-ethyl adjacent to an activating group) is 1. The minimum Gasteiger partial charge on any atom is -0.366 e. The van der Waals surface area contributed by atoms with Crippen molar-refractivity contribution < 1.29 is 4.79 Å². The third kappa shape index (κ3) is 3.05. The summed E-state index contributed by atoms with van der Waals surface area (Å²) in [7, 11) is 3.93. The fourth-order valence-corrected chi connectivity index (χ4v) is 0.730. The standard InChI is InChI=1S/C9H18N2O/c1-7(8(10)12)6-9(2,3)11(4)5/h6H,1-5H3,(H2,10,12)/b7-6+. The maximum Gasteiger partial charge on any atom is 0.244 e. The van der Waals surface area contributed by atoms with E-state index < -0.39 is 0 Å². The van der Waals surface area contributed by atoms with E-state index in [1.165, 1.54) is 0 Å². The van der Waals surface area contributed by atoms with Gasteiger partial charge in [-0.25, -0.2) is 0 Å². The van der Waals surface area contributed by atoms with Crippen LogP contribution in [0.25, 0.3) is 0 Å². The van der Waals surface area contributed by atoms with Gasteiger partial charge in [-0.15, -0.1) is 0 Å². The Bertz CT molecular complexity index is 205. The Morgan fingerprint density at radius 2 is 1.83 bits per heavy atom. The van der Waals surface area contributed by atoms with Crippen LogP contribution >= 0.6 is 0 Å². The molecule has 2 N–H and O–H groups in total. The number of rotatable bonds is 3. The molecule has 0 rings (SSSR count). The second-order valence-electron chi connectivity index (χ2n) is 3.74. The van der Waals surface area contributed by atoms with Crippen molar-refractivity contribution in [2.24, 2.45) is 5.73 Å². The van der Waals surface area contributed by atoms with Crippen LogP contribution in [0.3, 0.4) is 0 Å². The zero-order chi connectivity index (χ0) is 9.94. The molecular formula is C9H18N2O. The average Bonchev–Trinajstić information content (AvgIpc) is 1.85. The van der Waals surface area contributed by atoms with Crippen molar-refractivity contribution in [2.75, 3.05) is 14.1 Å². The molecule has 3 heteroatoms. The molecule has 0 unspecified atom stereocenters. The Labute approximate surface area is 74.2 Å². The fourth-order valence-electron chi connectivity index (χ4n) is 0.730. The van der Waals surface area contributed by atoms with Crippen molar-refractivity contribution in [2.45, 2.75) is 26.3 Å². The van der Waals surface area contributed by atoms with Crippen LogP contribution in [0.2, 0.25) is 0 Å². The fraction of sp³-hybridized carbons (Fsp3) is 0.667. The Morgan fingerprint density at radius 3 is 2.08 bits per heavy atom. The van der Waals surface area contributed by atoms with E-state index in [1.54, 1.807) is 6.92 Å². The van der Waals surface area contributed by atoms with Crippen molar-refractivity contribution in [3.8, 4) is 0 Å². The lowest BCUT2D eigenvalue weighted by Gasteiger charge is -2.29. The number of carbonyl (C=O) groups is 1. The summed E-state index contributed by atoms with van der Waals surface area (Å²) in [5.74, 6) is -0.357. The zero-order valence-electron chi connectivity index (χ0n) is 8.51. The molecule has 0 aromatic carbocycles. The number of nitrogens with two attached hydrogens (primary N) is 1. The van der Waals surface area contributed by atoms with Crippen molar-refractivity contribution in [1.29, 1.82) is 0 Å². The summed E-state index contributed by atoms with van der Waals surface area (Å²) in [5, 5.41) is 0. The number of amides is 1. The molecule has 0 aliphatic rings. The van der Waals surface area contributed by atoms with E-state index in [0.29, 0.717) is 5.57 Å². The number of carbonyl (C=O) groups excluding carboxylic acids is 1. The van der Waals surface area contributed by atoms with Gasteiger partial charge in [0.15, 0.2) is 0 Å². The molecule has 0 aliphatic carbocycles. The van der Waals surface area contributed by atoms with Gasteiger partial charge in [-0.1, -0.05) is 6.08 Å². The van der Waals surface area contributed by atoms with Gasteiger partial charge in [-0.05, 0) is 34.9 Å². The molecule has 0 aromatic rings. The molecule has 0 saturated heterocycles. The van der Waals surface area contributed by atoms with Gasteiger partial charge in [0.2, 0.25) is 5.91 Å². The Morgan fingerprint density at radius 1 is 1.42 bits per heavy atom. The Kier molecular flexibility index (Phi) is 3.46. The normalized spacial score (nSPS) is 13.7. The lowest BCUT2D eigenvalue weighted by atomic mass is 10.0. The Hall–Kier alpha value is -0.830. The molecule has 0 heterocycles. The third-order valence-corrected chi connectivity index (χ3v) is 2.11. The van der Waals surface area contributed by atoms with Crippen LogP contribution in [0, 0.1) is 0 Å². The number of hydrogen-bond donors (Lipinski definition) is 1. The molecule has 1 amide bonds.